The highest BCUT2D eigenvalue weighted by atomic mass is 79.9. The SMILES string of the molecule is CN(C1CCCCC1Br)S(=O)(=O)c1cncc(Br)c1. The number of pyridine rings is 1. The maximum Gasteiger partial charge on any atom is 0.244 e. The van der Waals surface area contributed by atoms with Gasteiger partial charge >= 0.3 is 0 Å². The molecule has 0 aliphatic heterocycles. The van der Waals surface area contributed by atoms with Crippen LogP contribution >= 0.6 is 31.9 Å². The van der Waals surface area contributed by atoms with Gasteiger partial charge in [-0.1, -0.05) is 28.8 Å². The quantitative estimate of drug-likeness (QED) is 0.717. The predicted molar refractivity (Wildman–Crippen MR) is 81.9 cm³/mol. The molecule has 0 amide bonds. The second-order valence-corrected chi connectivity index (χ2v) is 8.82. The van der Waals surface area contributed by atoms with E-state index in [1.807, 2.05) is 0 Å². The molecular weight excluding hydrogens is 396 g/mol. The molecule has 1 aliphatic rings. The fourth-order valence-electron chi connectivity index (χ4n) is 2.35. The second-order valence-electron chi connectivity index (χ2n) is 4.73. The zero-order valence-corrected chi connectivity index (χ0v) is 14.6. The first-order valence-corrected chi connectivity index (χ1v) is 9.30. The van der Waals surface area contributed by atoms with Crippen molar-refractivity contribution in [3.63, 3.8) is 0 Å². The molecule has 4 nitrogen and oxygen atoms in total. The minimum Gasteiger partial charge on any atom is -0.262 e. The molecule has 1 heterocycles. The fourth-order valence-corrected chi connectivity index (χ4v) is 5.38. The van der Waals surface area contributed by atoms with Crippen molar-refractivity contribution in [2.24, 2.45) is 0 Å². The summed E-state index contributed by atoms with van der Waals surface area (Å²) in [5, 5.41) is 0. The molecule has 1 aromatic rings. The molecule has 0 saturated heterocycles. The minimum atomic E-state index is -3.48. The van der Waals surface area contributed by atoms with Crippen molar-refractivity contribution in [3.05, 3.63) is 22.9 Å². The number of halogens is 2. The van der Waals surface area contributed by atoms with Crippen LogP contribution in [0.2, 0.25) is 0 Å². The van der Waals surface area contributed by atoms with Gasteiger partial charge in [-0.25, -0.2) is 8.42 Å². The van der Waals surface area contributed by atoms with Crippen molar-refractivity contribution >= 4 is 41.9 Å². The summed E-state index contributed by atoms with van der Waals surface area (Å²) in [6.45, 7) is 0. The monoisotopic (exact) mass is 410 g/mol. The minimum absolute atomic E-state index is 0.0118. The average molecular weight is 412 g/mol. The van der Waals surface area contributed by atoms with Gasteiger partial charge in [0.1, 0.15) is 4.90 Å². The zero-order chi connectivity index (χ0) is 14.0. The molecule has 1 aliphatic carbocycles. The molecule has 0 spiro atoms. The Hall–Kier alpha value is 0.0200. The third kappa shape index (κ3) is 3.37. The van der Waals surface area contributed by atoms with E-state index in [2.05, 4.69) is 36.8 Å². The third-order valence-corrected chi connectivity index (χ3v) is 6.82. The smallest absolute Gasteiger partial charge is 0.244 e. The Morgan fingerprint density at radius 1 is 1.32 bits per heavy atom. The predicted octanol–water partition coefficient (Wildman–Crippen LogP) is 3.17. The summed E-state index contributed by atoms with van der Waals surface area (Å²) < 4.78 is 27.3. The van der Waals surface area contributed by atoms with Crippen LogP contribution in [-0.4, -0.2) is 35.6 Å². The maximum absolute atomic E-state index is 12.6. The van der Waals surface area contributed by atoms with Crippen molar-refractivity contribution < 1.29 is 8.42 Å². The lowest BCUT2D eigenvalue weighted by molar-refractivity contribution is 0.297. The van der Waals surface area contributed by atoms with Crippen LogP contribution in [0.5, 0.6) is 0 Å². The summed E-state index contributed by atoms with van der Waals surface area (Å²) in [6, 6.07) is 1.60. The van der Waals surface area contributed by atoms with Crippen molar-refractivity contribution in [1.82, 2.24) is 9.29 Å². The van der Waals surface area contributed by atoms with Crippen LogP contribution in [0.1, 0.15) is 25.7 Å². The van der Waals surface area contributed by atoms with Gasteiger partial charge in [0.05, 0.1) is 0 Å². The van der Waals surface area contributed by atoms with Gasteiger partial charge in [0.15, 0.2) is 0 Å². The van der Waals surface area contributed by atoms with Crippen molar-refractivity contribution in [2.75, 3.05) is 7.05 Å². The number of sulfonamides is 1. The zero-order valence-electron chi connectivity index (χ0n) is 10.6. The number of nitrogens with zero attached hydrogens (tertiary/aromatic N) is 2. The van der Waals surface area contributed by atoms with Crippen LogP contribution in [0.4, 0.5) is 0 Å². The average Bonchev–Trinajstić information content (AvgIpc) is 2.38. The highest BCUT2D eigenvalue weighted by Gasteiger charge is 2.34. The molecule has 1 fully saturated rings. The van der Waals surface area contributed by atoms with Crippen molar-refractivity contribution in [2.45, 2.75) is 41.4 Å². The molecule has 0 radical (unpaired) electrons. The standard InChI is InChI=1S/C12H16Br2N2O2S/c1-16(12-5-3-2-4-11(12)14)19(17,18)10-6-9(13)7-15-8-10/h6-8,11-12H,2-5H2,1H3. The Bertz CT molecular complexity index is 550. The van der Waals surface area contributed by atoms with Crippen LogP contribution < -0.4 is 0 Å². The molecule has 0 N–H and O–H groups in total. The summed E-state index contributed by atoms with van der Waals surface area (Å²) in [4.78, 5) is 4.39. The van der Waals surface area contributed by atoms with Crippen molar-refractivity contribution in [3.8, 4) is 0 Å². The number of hydrogen-bond acceptors (Lipinski definition) is 3. The van der Waals surface area contributed by atoms with Gasteiger partial charge in [0.25, 0.3) is 0 Å². The van der Waals surface area contributed by atoms with E-state index in [1.54, 1.807) is 19.3 Å². The largest absolute Gasteiger partial charge is 0.262 e. The Morgan fingerprint density at radius 2 is 2.00 bits per heavy atom. The fraction of sp³-hybridized carbons (Fsp3) is 0.583. The van der Waals surface area contributed by atoms with E-state index in [4.69, 9.17) is 0 Å². The molecule has 2 rings (SSSR count). The van der Waals surface area contributed by atoms with E-state index in [1.165, 1.54) is 10.5 Å². The third-order valence-electron chi connectivity index (χ3n) is 3.47. The molecule has 0 bridgehead atoms. The van der Waals surface area contributed by atoms with Gasteiger partial charge in [-0.2, -0.15) is 4.31 Å². The van der Waals surface area contributed by atoms with E-state index < -0.39 is 10.0 Å². The van der Waals surface area contributed by atoms with Crippen LogP contribution in [-0.2, 0) is 10.0 Å². The molecular formula is C12H16Br2N2O2S. The Balaban J connectivity index is 2.28. The molecule has 0 aromatic carbocycles. The van der Waals surface area contributed by atoms with Gasteiger partial charge in [-0.15, -0.1) is 0 Å². The van der Waals surface area contributed by atoms with Gasteiger partial charge in [-0.3, -0.25) is 4.98 Å². The second kappa shape index (κ2) is 6.20. The summed E-state index contributed by atoms with van der Waals surface area (Å²) in [7, 11) is -1.83. The molecule has 1 aromatic heterocycles. The topological polar surface area (TPSA) is 50.3 Å². The van der Waals surface area contributed by atoms with E-state index >= 15 is 0 Å². The van der Waals surface area contributed by atoms with E-state index in [9.17, 15) is 8.42 Å². The molecule has 106 valence electrons. The molecule has 1 saturated carbocycles. The Morgan fingerprint density at radius 3 is 2.63 bits per heavy atom. The van der Waals surface area contributed by atoms with Crippen LogP contribution in [0, 0.1) is 0 Å². The van der Waals surface area contributed by atoms with Crippen molar-refractivity contribution in [1.29, 1.82) is 0 Å². The van der Waals surface area contributed by atoms with Gasteiger partial charge < -0.3 is 0 Å². The lowest BCUT2D eigenvalue weighted by Crippen LogP contribution is -2.44. The molecule has 19 heavy (non-hydrogen) atoms. The number of rotatable bonds is 3. The first kappa shape index (κ1) is 15.4. The summed E-state index contributed by atoms with van der Waals surface area (Å²) in [6.07, 6.45) is 7.10. The first-order chi connectivity index (χ1) is 8.93. The highest BCUT2D eigenvalue weighted by molar-refractivity contribution is 9.10. The van der Waals surface area contributed by atoms with E-state index in [0.717, 1.165) is 25.7 Å². The summed E-state index contributed by atoms with van der Waals surface area (Å²) in [5.74, 6) is 0. The lowest BCUT2D eigenvalue weighted by Gasteiger charge is -2.34. The van der Waals surface area contributed by atoms with Crippen LogP contribution in [0.25, 0.3) is 0 Å². The maximum atomic E-state index is 12.6. The number of aromatic nitrogens is 1. The summed E-state index contributed by atoms with van der Waals surface area (Å²) in [5.41, 5.74) is 0. The Kier molecular flexibility index (Phi) is 5.03. The highest BCUT2D eigenvalue weighted by Crippen LogP contribution is 2.31. The Labute approximate surface area is 130 Å². The number of alkyl halides is 1. The molecule has 2 atom stereocenters. The van der Waals surface area contributed by atoms with Gasteiger partial charge in [0, 0.05) is 34.8 Å². The van der Waals surface area contributed by atoms with Gasteiger partial charge in [-0.05, 0) is 34.8 Å². The number of hydrogen-bond donors (Lipinski definition) is 0. The first-order valence-electron chi connectivity index (χ1n) is 6.15. The lowest BCUT2D eigenvalue weighted by atomic mass is 9.96. The van der Waals surface area contributed by atoms with E-state index in [-0.39, 0.29) is 15.8 Å². The van der Waals surface area contributed by atoms with E-state index in [0.29, 0.717) is 4.47 Å². The van der Waals surface area contributed by atoms with Crippen LogP contribution in [0.3, 0.4) is 0 Å². The molecule has 7 heteroatoms. The summed E-state index contributed by atoms with van der Waals surface area (Å²) >= 11 is 6.86. The van der Waals surface area contributed by atoms with Gasteiger partial charge in [0.2, 0.25) is 10.0 Å². The van der Waals surface area contributed by atoms with Crippen LogP contribution in [0.15, 0.2) is 27.8 Å². The molecule has 2 unspecified atom stereocenters. The normalized spacial score (nSPS) is 24.6.